The van der Waals surface area contributed by atoms with Crippen LogP contribution in [0.25, 0.3) is 0 Å². The minimum Gasteiger partial charge on any atom is -0.481 e. The molecule has 1 saturated heterocycles. The van der Waals surface area contributed by atoms with Gasteiger partial charge in [-0.05, 0) is 49.2 Å². The third-order valence-corrected chi connectivity index (χ3v) is 6.16. The molecule has 0 aliphatic carbocycles. The third-order valence-electron chi connectivity index (χ3n) is 5.42. The zero-order chi connectivity index (χ0) is 21.5. The lowest BCUT2D eigenvalue weighted by atomic mass is 10.0. The number of nitrogens with zero attached hydrogens (tertiary/aromatic N) is 2. The molecule has 0 spiro atoms. The Balaban J connectivity index is 1.87. The van der Waals surface area contributed by atoms with Crippen molar-refractivity contribution in [1.29, 1.82) is 0 Å². The maximum atomic E-state index is 13.3. The van der Waals surface area contributed by atoms with Crippen molar-refractivity contribution in [3.63, 3.8) is 0 Å². The predicted molar refractivity (Wildman–Crippen MR) is 119 cm³/mol. The lowest BCUT2D eigenvalue weighted by molar-refractivity contribution is -0.139. The van der Waals surface area contributed by atoms with Crippen LogP contribution in [0, 0.1) is 0 Å². The summed E-state index contributed by atoms with van der Waals surface area (Å²) in [4.78, 5) is 28.7. The lowest BCUT2D eigenvalue weighted by Gasteiger charge is -2.35. The molecule has 0 saturated carbocycles. The van der Waals surface area contributed by atoms with Crippen LogP contribution in [0.1, 0.15) is 36.4 Å². The minimum atomic E-state index is -0.921. The molecule has 2 aromatic rings. The molecule has 1 aliphatic heterocycles. The Hall–Kier alpha value is -2.08. The summed E-state index contributed by atoms with van der Waals surface area (Å²) < 4.78 is 0. The summed E-state index contributed by atoms with van der Waals surface area (Å²) in [6.45, 7) is 2.84. The number of carboxylic acids is 1. The molecule has 30 heavy (non-hydrogen) atoms. The molecule has 7 heteroatoms. The molecule has 1 N–H and O–H groups in total. The maximum Gasteiger partial charge on any atom is 0.305 e. The van der Waals surface area contributed by atoms with E-state index in [0.717, 1.165) is 37.1 Å². The van der Waals surface area contributed by atoms with E-state index in [4.69, 9.17) is 23.2 Å². The van der Waals surface area contributed by atoms with Crippen LogP contribution in [0.15, 0.2) is 48.5 Å². The Morgan fingerprint density at radius 2 is 1.73 bits per heavy atom. The predicted octanol–water partition coefficient (Wildman–Crippen LogP) is 4.68. The van der Waals surface area contributed by atoms with E-state index in [0.29, 0.717) is 16.6 Å². The van der Waals surface area contributed by atoms with Gasteiger partial charge in [-0.1, -0.05) is 59.6 Å². The molecule has 0 bridgehead atoms. The molecule has 0 radical (unpaired) electrons. The van der Waals surface area contributed by atoms with E-state index in [1.807, 2.05) is 30.3 Å². The molecule has 1 atom stereocenters. The maximum absolute atomic E-state index is 13.3. The van der Waals surface area contributed by atoms with E-state index in [9.17, 15) is 14.7 Å². The first-order valence-electron chi connectivity index (χ1n) is 10.2. The SMILES string of the molecule is O=C(O)CCN(C(=O)Cc1ccc(Cl)c(Cl)c1)C(CN1CCCC1)c1ccccc1. The number of rotatable bonds is 9. The average Bonchev–Trinajstić information content (AvgIpc) is 3.24. The molecule has 1 aliphatic rings. The number of aliphatic carboxylic acids is 1. The van der Waals surface area contributed by atoms with Crippen LogP contribution >= 0.6 is 23.2 Å². The van der Waals surface area contributed by atoms with E-state index < -0.39 is 5.97 Å². The van der Waals surface area contributed by atoms with Gasteiger partial charge in [-0.3, -0.25) is 9.59 Å². The molecule has 1 amide bonds. The van der Waals surface area contributed by atoms with Gasteiger partial charge in [0.2, 0.25) is 5.91 Å². The second-order valence-electron chi connectivity index (χ2n) is 7.59. The normalized spacial score (nSPS) is 15.1. The van der Waals surface area contributed by atoms with Gasteiger partial charge in [0.25, 0.3) is 0 Å². The van der Waals surface area contributed by atoms with Gasteiger partial charge in [-0.25, -0.2) is 0 Å². The fourth-order valence-electron chi connectivity index (χ4n) is 3.87. The van der Waals surface area contributed by atoms with Crippen molar-refractivity contribution in [2.45, 2.75) is 31.7 Å². The van der Waals surface area contributed by atoms with Crippen LogP contribution in [0.3, 0.4) is 0 Å². The number of hydrogen-bond acceptors (Lipinski definition) is 3. The summed E-state index contributed by atoms with van der Waals surface area (Å²) in [7, 11) is 0. The van der Waals surface area contributed by atoms with Gasteiger partial charge in [-0.15, -0.1) is 0 Å². The van der Waals surface area contributed by atoms with Crippen LogP contribution < -0.4 is 0 Å². The number of carbonyl (C=O) groups excluding carboxylic acids is 1. The van der Waals surface area contributed by atoms with Crippen molar-refractivity contribution < 1.29 is 14.7 Å². The standard InChI is InChI=1S/C23H26Cl2N2O3/c24-19-9-8-17(14-20(19)25)15-22(28)27(13-10-23(29)30)21(16-26-11-4-5-12-26)18-6-2-1-3-7-18/h1-3,6-9,14,21H,4-5,10-13,15-16H2,(H,29,30). The monoisotopic (exact) mass is 448 g/mol. The molecule has 1 unspecified atom stereocenters. The van der Waals surface area contributed by atoms with Crippen LogP contribution in [-0.4, -0.2) is 53.0 Å². The molecule has 0 aromatic heterocycles. The third kappa shape index (κ3) is 6.21. The summed E-state index contributed by atoms with van der Waals surface area (Å²) in [5.74, 6) is -1.04. The highest BCUT2D eigenvalue weighted by molar-refractivity contribution is 6.42. The van der Waals surface area contributed by atoms with Crippen molar-refractivity contribution in [3.8, 4) is 0 Å². The first-order valence-corrected chi connectivity index (χ1v) is 10.9. The number of halogens is 2. The van der Waals surface area contributed by atoms with E-state index >= 15 is 0 Å². The van der Waals surface area contributed by atoms with Crippen molar-refractivity contribution in [3.05, 3.63) is 69.7 Å². The number of hydrogen-bond donors (Lipinski definition) is 1. The summed E-state index contributed by atoms with van der Waals surface area (Å²) >= 11 is 12.1. The summed E-state index contributed by atoms with van der Waals surface area (Å²) in [6.07, 6.45) is 2.33. The van der Waals surface area contributed by atoms with Crippen molar-refractivity contribution in [1.82, 2.24) is 9.80 Å². The molecule has 3 rings (SSSR count). The highest BCUT2D eigenvalue weighted by atomic mass is 35.5. The second kappa shape index (κ2) is 10.8. The Labute approximate surface area is 187 Å². The summed E-state index contributed by atoms with van der Waals surface area (Å²) in [6, 6.07) is 14.8. The highest BCUT2D eigenvalue weighted by Crippen LogP contribution is 2.27. The fraction of sp³-hybridized carbons (Fsp3) is 0.391. The van der Waals surface area contributed by atoms with E-state index in [1.165, 1.54) is 0 Å². The van der Waals surface area contributed by atoms with Gasteiger partial charge >= 0.3 is 5.97 Å². The minimum absolute atomic E-state index is 0.101. The zero-order valence-electron chi connectivity index (χ0n) is 16.8. The fourth-order valence-corrected chi connectivity index (χ4v) is 4.19. The molecule has 160 valence electrons. The first kappa shape index (κ1) is 22.6. The Bertz CT molecular complexity index is 870. The van der Waals surface area contributed by atoms with Gasteiger partial charge in [0, 0.05) is 13.1 Å². The van der Waals surface area contributed by atoms with Gasteiger partial charge in [0.15, 0.2) is 0 Å². The summed E-state index contributed by atoms with van der Waals surface area (Å²) in [5.41, 5.74) is 1.76. The van der Waals surface area contributed by atoms with Crippen molar-refractivity contribution in [2.24, 2.45) is 0 Å². The van der Waals surface area contributed by atoms with E-state index in [1.54, 1.807) is 23.1 Å². The van der Waals surface area contributed by atoms with E-state index in [2.05, 4.69) is 4.90 Å². The van der Waals surface area contributed by atoms with Crippen molar-refractivity contribution in [2.75, 3.05) is 26.2 Å². The molecule has 2 aromatic carbocycles. The van der Waals surface area contributed by atoms with E-state index in [-0.39, 0.29) is 31.3 Å². The van der Waals surface area contributed by atoms with Gasteiger partial charge in [0.1, 0.15) is 0 Å². The Morgan fingerprint density at radius 1 is 1.03 bits per heavy atom. The average molecular weight is 449 g/mol. The number of amides is 1. The largest absolute Gasteiger partial charge is 0.481 e. The van der Waals surface area contributed by atoms with Crippen LogP contribution in [0.2, 0.25) is 10.0 Å². The number of benzene rings is 2. The second-order valence-corrected chi connectivity index (χ2v) is 8.40. The van der Waals surface area contributed by atoms with Gasteiger partial charge in [-0.2, -0.15) is 0 Å². The summed E-state index contributed by atoms with van der Waals surface area (Å²) in [5, 5.41) is 10.1. The first-order chi connectivity index (χ1) is 14.4. The van der Waals surface area contributed by atoms with Crippen molar-refractivity contribution >= 4 is 35.1 Å². The number of likely N-dealkylation sites (tertiary alicyclic amines) is 1. The van der Waals surface area contributed by atoms with Crippen LogP contribution in [0.5, 0.6) is 0 Å². The number of carboxylic acid groups (broad SMARTS) is 1. The van der Waals surface area contributed by atoms with Crippen LogP contribution in [-0.2, 0) is 16.0 Å². The lowest BCUT2D eigenvalue weighted by Crippen LogP contribution is -2.42. The molecule has 1 heterocycles. The Kier molecular flexibility index (Phi) is 8.14. The van der Waals surface area contributed by atoms with Crippen LogP contribution in [0.4, 0.5) is 0 Å². The quantitative estimate of drug-likeness (QED) is 0.604. The van der Waals surface area contributed by atoms with Gasteiger partial charge < -0.3 is 14.9 Å². The smallest absolute Gasteiger partial charge is 0.305 e. The number of carbonyl (C=O) groups is 2. The topological polar surface area (TPSA) is 60.9 Å². The molecular weight excluding hydrogens is 423 g/mol. The molecular formula is C23H26Cl2N2O3. The molecule has 1 fully saturated rings. The zero-order valence-corrected chi connectivity index (χ0v) is 18.3. The molecule has 5 nitrogen and oxygen atoms in total. The Morgan fingerprint density at radius 3 is 2.37 bits per heavy atom. The highest BCUT2D eigenvalue weighted by Gasteiger charge is 2.28. The van der Waals surface area contributed by atoms with Gasteiger partial charge in [0.05, 0.1) is 28.9 Å².